The van der Waals surface area contributed by atoms with E-state index in [2.05, 4.69) is 0 Å². The van der Waals surface area contributed by atoms with E-state index in [4.69, 9.17) is 19.9 Å². The Morgan fingerprint density at radius 3 is 3.00 bits per heavy atom. The Balaban J connectivity index is 1.80. The van der Waals surface area contributed by atoms with Crippen LogP contribution in [-0.4, -0.2) is 26.4 Å². The van der Waals surface area contributed by atoms with E-state index in [-0.39, 0.29) is 0 Å². The minimum Gasteiger partial charge on any atom is -0.495 e. The standard InChI is InChI=1S/C13H19NO3/c1-15-13-5-4-11(9-12(13)14)17-8-6-10-3-2-7-16-10/h4-5,9-10H,2-3,6-8,14H2,1H3. The predicted molar refractivity (Wildman–Crippen MR) is 66.5 cm³/mol. The molecule has 2 rings (SSSR count). The number of benzene rings is 1. The molecule has 94 valence electrons. The Bertz CT molecular complexity index is 362. The van der Waals surface area contributed by atoms with E-state index < -0.39 is 0 Å². The van der Waals surface area contributed by atoms with Crippen molar-refractivity contribution in [3.63, 3.8) is 0 Å². The highest BCUT2D eigenvalue weighted by Gasteiger charge is 2.15. The Hall–Kier alpha value is -1.42. The Morgan fingerprint density at radius 2 is 2.35 bits per heavy atom. The molecule has 0 spiro atoms. The van der Waals surface area contributed by atoms with Gasteiger partial charge in [-0.3, -0.25) is 0 Å². The molecule has 2 N–H and O–H groups in total. The second kappa shape index (κ2) is 5.77. The fourth-order valence-corrected chi connectivity index (χ4v) is 1.98. The largest absolute Gasteiger partial charge is 0.495 e. The van der Waals surface area contributed by atoms with Crippen molar-refractivity contribution in [1.82, 2.24) is 0 Å². The Morgan fingerprint density at radius 1 is 1.47 bits per heavy atom. The number of methoxy groups -OCH3 is 1. The molecule has 1 aliphatic rings. The molecule has 1 atom stereocenters. The zero-order valence-corrected chi connectivity index (χ0v) is 10.1. The summed E-state index contributed by atoms with van der Waals surface area (Å²) in [7, 11) is 1.60. The first kappa shape index (κ1) is 12.0. The fraction of sp³-hybridized carbons (Fsp3) is 0.538. The van der Waals surface area contributed by atoms with Crippen molar-refractivity contribution in [2.24, 2.45) is 0 Å². The Labute approximate surface area is 102 Å². The quantitative estimate of drug-likeness (QED) is 0.798. The molecule has 4 nitrogen and oxygen atoms in total. The molecule has 1 fully saturated rings. The molecule has 0 saturated carbocycles. The molecule has 0 aromatic heterocycles. The third-order valence-corrected chi connectivity index (χ3v) is 2.93. The van der Waals surface area contributed by atoms with E-state index in [1.54, 1.807) is 13.2 Å². The number of nitrogen functional groups attached to an aromatic ring is 1. The Kier molecular flexibility index (Phi) is 4.09. The van der Waals surface area contributed by atoms with E-state index in [0.29, 0.717) is 24.1 Å². The van der Waals surface area contributed by atoms with E-state index in [1.165, 1.54) is 6.42 Å². The number of rotatable bonds is 5. The van der Waals surface area contributed by atoms with Gasteiger partial charge in [-0.05, 0) is 25.0 Å². The molecule has 1 saturated heterocycles. The highest BCUT2D eigenvalue weighted by atomic mass is 16.5. The van der Waals surface area contributed by atoms with Crippen molar-refractivity contribution in [1.29, 1.82) is 0 Å². The minimum atomic E-state index is 0.366. The summed E-state index contributed by atoms with van der Waals surface area (Å²) < 4.78 is 16.2. The smallest absolute Gasteiger partial charge is 0.142 e. The van der Waals surface area contributed by atoms with Gasteiger partial charge in [-0.25, -0.2) is 0 Å². The van der Waals surface area contributed by atoms with Crippen LogP contribution in [0, 0.1) is 0 Å². The van der Waals surface area contributed by atoms with Crippen molar-refractivity contribution in [3.8, 4) is 11.5 Å². The monoisotopic (exact) mass is 237 g/mol. The lowest BCUT2D eigenvalue weighted by Crippen LogP contribution is -2.10. The average molecular weight is 237 g/mol. The van der Waals surface area contributed by atoms with Crippen LogP contribution in [0.4, 0.5) is 5.69 Å². The second-order valence-corrected chi connectivity index (χ2v) is 4.18. The van der Waals surface area contributed by atoms with Crippen LogP contribution in [0.15, 0.2) is 18.2 Å². The SMILES string of the molecule is COc1ccc(OCCC2CCCO2)cc1N. The van der Waals surface area contributed by atoms with Gasteiger partial charge in [0.05, 0.1) is 25.5 Å². The second-order valence-electron chi connectivity index (χ2n) is 4.18. The molecule has 0 bridgehead atoms. The molecular formula is C13H19NO3. The van der Waals surface area contributed by atoms with Crippen molar-refractivity contribution in [3.05, 3.63) is 18.2 Å². The van der Waals surface area contributed by atoms with Gasteiger partial charge in [-0.15, -0.1) is 0 Å². The zero-order chi connectivity index (χ0) is 12.1. The maximum absolute atomic E-state index is 5.80. The molecule has 0 amide bonds. The van der Waals surface area contributed by atoms with E-state index in [1.807, 2.05) is 12.1 Å². The first-order valence-electron chi connectivity index (χ1n) is 5.97. The molecule has 1 aliphatic heterocycles. The molecule has 0 aliphatic carbocycles. The lowest BCUT2D eigenvalue weighted by molar-refractivity contribution is 0.0903. The van der Waals surface area contributed by atoms with Gasteiger partial charge in [-0.1, -0.05) is 0 Å². The molecule has 1 heterocycles. The van der Waals surface area contributed by atoms with Crippen molar-refractivity contribution in [2.45, 2.75) is 25.4 Å². The highest BCUT2D eigenvalue weighted by Crippen LogP contribution is 2.26. The summed E-state index contributed by atoms with van der Waals surface area (Å²) in [6.07, 6.45) is 3.62. The van der Waals surface area contributed by atoms with Crippen molar-refractivity contribution in [2.75, 3.05) is 26.1 Å². The van der Waals surface area contributed by atoms with Crippen LogP contribution in [0.5, 0.6) is 11.5 Å². The maximum Gasteiger partial charge on any atom is 0.142 e. The number of hydrogen-bond acceptors (Lipinski definition) is 4. The van der Waals surface area contributed by atoms with Crippen LogP contribution in [0.3, 0.4) is 0 Å². The summed E-state index contributed by atoms with van der Waals surface area (Å²) in [6, 6.07) is 5.47. The van der Waals surface area contributed by atoms with Crippen LogP contribution in [-0.2, 0) is 4.74 Å². The summed E-state index contributed by atoms with van der Waals surface area (Å²) >= 11 is 0. The average Bonchev–Trinajstić information content (AvgIpc) is 2.82. The van der Waals surface area contributed by atoms with Gasteiger partial charge in [0.25, 0.3) is 0 Å². The summed E-state index contributed by atoms with van der Waals surface area (Å²) in [6.45, 7) is 1.55. The van der Waals surface area contributed by atoms with Gasteiger partial charge >= 0.3 is 0 Å². The van der Waals surface area contributed by atoms with Crippen LogP contribution >= 0.6 is 0 Å². The fourth-order valence-electron chi connectivity index (χ4n) is 1.98. The van der Waals surface area contributed by atoms with Gasteiger partial charge in [0.2, 0.25) is 0 Å². The molecule has 1 unspecified atom stereocenters. The van der Waals surface area contributed by atoms with Crippen molar-refractivity contribution < 1.29 is 14.2 Å². The van der Waals surface area contributed by atoms with Crippen LogP contribution in [0.1, 0.15) is 19.3 Å². The molecular weight excluding hydrogens is 218 g/mol. The third kappa shape index (κ3) is 3.27. The van der Waals surface area contributed by atoms with Gasteiger partial charge in [0.15, 0.2) is 0 Å². The zero-order valence-electron chi connectivity index (χ0n) is 10.1. The lowest BCUT2D eigenvalue weighted by Gasteiger charge is -2.11. The number of nitrogens with two attached hydrogens (primary N) is 1. The molecule has 17 heavy (non-hydrogen) atoms. The first-order chi connectivity index (χ1) is 8.29. The summed E-state index contributed by atoms with van der Waals surface area (Å²) in [5.74, 6) is 1.46. The third-order valence-electron chi connectivity index (χ3n) is 2.93. The van der Waals surface area contributed by atoms with E-state index in [0.717, 1.165) is 25.2 Å². The highest BCUT2D eigenvalue weighted by molar-refractivity contribution is 5.56. The van der Waals surface area contributed by atoms with Gasteiger partial charge in [0.1, 0.15) is 11.5 Å². The topological polar surface area (TPSA) is 53.7 Å². The van der Waals surface area contributed by atoms with E-state index in [9.17, 15) is 0 Å². The van der Waals surface area contributed by atoms with Gasteiger partial charge < -0.3 is 19.9 Å². The number of ether oxygens (including phenoxy) is 3. The molecule has 0 radical (unpaired) electrons. The van der Waals surface area contributed by atoms with Crippen LogP contribution < -0.4 is 15.2 Å². The van der Waals surface area contributed by atoms with Gasteiger partial charge in [-0.2, -0.15) is 0 Å². The maximum atomic E-state index is 5.80. The van der Waals surface area contributed by atoms with E-state index >= 15 is 0 Å². The lowest BCUT2D eigenvalue weighted by atomic mass is 10.2. The predicted octanol–water partition coefficient (Wildman–Crippen LogP) is 2.23. The normalized spacial score (nSPS) is 19.2. The molecule has 1 aromatic rings. The molecule has 1 aromatic carbocycles. The first-order valence-corrected chi connectivity index (χ1v) is 5.97. The summed E-state index contributed by atoms with van der Waals surface area (Å²) in [5, 5.41) is 0. The molecule has 4 heteroatoms. The van der Waals surface area contributed by atoms with Crippen LogP contribution in [0.2, 0.25) is 0 Å². The van der Waals surface area contributed by atoms with Crippen LogP contribution in [0.25, 0.3) is 0 Å². The minimum absolute atomic E-state index is 0.366. The summed E-state index contributed by atoms with van der Waals surface area (Å²) in [4.78, 5) is 0. The van der Waals surface area contributed by atoms with Gasteiger partial charge in [0, 0.05) is 19.1 Å². The summed E-state index contributed by atoms with van der Waals surface area (Å²) in [5.41, 5.74) is 6.40. The van der Waals surface area contributed by atoms with Crippen molar-refractivity contribution >= 4 is 5.69 Å². The number of anilines is 1. The number of hydrogen-bond donors (Lipinski definition) is 1.